The van der Waals surface area contributed by atoms with Crippen molar-refractivity contribution < 1.29 is 30.0 Å². The summed E-state index contributed by atoms with van der Waals surface area (Å²) >= 11 is 7.19. The summed E-state index contributed by atoms with van der Waals surface area (Å²) in [4.78, 5) is 19.2. The smallest absolute Gasteiger partial charge is 0.316 e. The average molecular weight is 328 g/mol. The second-order valence-corrected chi connectivity index (χ2v) is 6.12. The van der Waals surface area contributed by atoms with Crippen molar-refractivity contribution in [3.63, 3.8) is 0 Å². The molecule has 120 valence electrons. The van der Waals surface area contributed by atoms with E-state index in [2.05, 4.69) is 25.3 Å². The van der Waals surface area contributed by atoms with Gasteiger partial charge in [0.15, 0.2) is 5.79 Å². The Kier molecular flexibility index (Phi) is 12.3. The molecule has 2 unspecified atom stereocenters. The van der Waals surface area contributed by atoms with Crippen LogP contribution in [0.1, 0.15) is 46.0 Å². The Morgan fingerprint density at radius 1 is 0.900 bits per heavy atom. The normalized spacial score (nSPS) is 19.3. The van der Waals surface area contributed by atoms with Gasteiger partial charge in [-0.1, -0.05) is 6.42 Å². The first kappa shape index (κ1) is 21.9. The maximum absolute atomic E-state index is 9.62. The zero-order valence-corrected chi connectivity index (χ0v) is 13.5. The molecule has 0 aromatic heterocycles. The molecule has 0 heterocycles. The van der Waals surface area contributed by atoms with Crippen LogP contribution in [0, 0.1) is 0 Å². The molecule has 2 atom stereocenters. The Hall–Kier alpha value is -0.440. The molecule has 1 saturated carbocycles. The first-order chi connectivity index (χ1) is 8.99. The molecule has 0 aliphatic heterocycles. The second-order valence-electron chi connectivity index (χ2n) is 4.57. The quantitative estimate of drug-likeness (QED) is 0.337. The van der Waals surface area contributed by atoms with Gasteiger partial charge in [0.25, 0.3) is 0 Å². The lowest BCUT2D eigenvalue weighted by Crippen LogP contribution is -2.30. The van der Waals surface area contributed by atoms with Crippen molar-refractivity contribution in [1.29, 1.82) is 0 Å². The molecule has 6 nitrogen and oxygen atoms in total. The highest BCUT2D eigenvalue weighted by Crippen LogP contribution is 2.24. The lowest BCUT2D eigenvalue weighted by Gasteiger charge is -2.25. The number of hydrogen-bond acceptors (Lipinski definition) is 6. The summed E-state index contributed by atoms with van der Waals surface area (Å²) in [5.74, 6) is -3.07. The van der Waals surface area contributed by atoms with Crippen LogP contribution in [0.4, 0.5) is 0 Å². The molecule has 1 aliphatic carbocycles. The van der Waals surface area contributed by atoms with Crippen LogP contribution in [-0.2, 0) is 9.59 Å². The Morgan fingerprint density at radius 2 is 1.15 bits per heavy atom. The van der Waals surface area contributed by atoms with E-state index in [0.717, 1.165) is 19.3 Å². The zero-order valence-electron chi connectivity index (χ0n) is 11.7. The lowest BCUT2D eigenvalue weighted by atomic mass is 9.95. The fourth-order valence-electron chi connectivity index (χ4n) is 1.12. The molecule has 1 aliphatic rings. The SMILES string of the molecule is CC(S)C(=O)O.CC(S)C(=O)O.OC1(O)CCCCC1. The van der Waals surface area contributed by atoms with Gasteiger partial charge in [-0.3, -0.25) is 9.59 Å². The summed E-state index contributed by atoms with van der Waals surface area (Å²) in [5.41, 5.74) is 0. The highest BCUT2D eigenvalue weighted by molar-refractivity contribution is 7.81. The number of carboxylic acid groups (broad SMARTS) is 2. The first-order valence-corrected chi connectivity index (χ1v) is 7.29. The van der Waals surface area contributed by atoms with Gasteiger partial charge < -0.3 is 20.4 Å². The fourth-order valence-corrected chi connectivity index (χ4v) is 1.12. The molecule has 0 amide bonds. The molecule has 0 saturated heterocycles. The van der Waals surface area contributed by atoms with Crippen LogP contribution in [0.25, 0.3) is 0 Å². The van der Waals surface area contributed by atoms with E-state index < -0.39 is 28.2 Å². The highest BCUT2D eigenvalue weighted by Gasteiger charge is 2.24. The van der Waals surface area contributed by atoms with Crippen LogP contribution >= 0.6 is 25.3 Å². The van der Waals surface area contributed by atoms with E-state index in [1.165, 1.54) is 13.8 Å². The predicted molar refractivity (Wildman–Crippen MR) is 82.4 cm³/mol. The largest absolute Gasteiger partial charge is 0.480 e. The van der Waals surface area contributed by atoms with Crippen molar-refractivity contribution >= 4 is 37.2 Å². The summed E-state index contributed by atoms with van der Waals surface area (Å²) < 4.78 is 0. The summed E-state index contributed by atoms with van der Waals surface area (Å²) in [6.07, 6.45) is 4.21. The number of rotatable bonds is 2. The van der Waals surface area contributed by atoms with Crippen molar-refractivity contribution in [3.8, 4) is 0 Å². The first-order valence-electron chi connectivity index (χ1n) is 6.26. The van der Waals surface area contributed by atoms with Crippen molar-refractivity contribution in [2.24, 2.45) is 0 Å². The predicted octanol–water partition coefficient (Wildman–Crippen LogP) is 1.41. The maximum atomic E-state index is 9.62. The minimum atomic E-state index is -1.32. The molecule has 0 radical (unpaired) electrons. The van der Waals surface area contributed by atoms with E-state index in [9.17, 15) is 9.59 Å². The maximum Gasteiger partial charge on any atom is 0.316 e. The van der Waals surface area contributed by atoms with Crippen molar-refractivity contribution in [2.45, 2.75) is 62.2 Å². The van der Waals surface area contributed by atoms with E-state index in [0.29, 0.717) is 12.8 Å². The summed E-state index contributed by atoms with van der Waals surface area (Å²) in [6.45, 7) is 3.01. The van der Waals surface area contributed by atoms with Gasteiger partial charge in [0.05, 0.1) is 10.5 Å². The number of thiol groups is 2. The van der Waals surface area contributed by atoms with Gasteiger partial charge in [0.2, 0.25) is 0 Å². The number of carbonyl (C=O) groups is 2. The van der Waals surface area contributed by atoms with E-state index >= 15 is 0 Å². The number of hydrogen-bond donors (Lipinski definition) is 6. The van der Waals surface area contributed by atoms with Gasteiger partial charge in [-0.25, -0.2) is 0 Å². The average Bonchev–Trinajstić information content (AvgIpc) is 2.29. The van der Waals surface area contributed by atoms with Crippen molar-refractivity contribution in [3.05, 3.63) is 0 Å². The van der Waals surface area contributed by atoms with E-state index in [1.54, 1.807) is 0 Å². The lowest BCUT2D eigenvalue weighted by molar-refractivity contribution is -0.180. The third kappa shape index (κ3) is 15.6. The van der Waals surface area contributed by atoms with Crippen molar-refractivity contribution in [2.75, 3.05) is 0 Å². The molecule has 0 spiro atoms. The minimum absolute atomic E-state index is 0.537. The van der Waals surface area contributed by atoms with Crippen LogP contribution in [0.3, 0.4) is 0 Å². The van der Waals surface area contributed by atoms with Crippen LogP contribution in [-0.4, -0.2) is 48.7 Å². The molecular formula is C12H24O6S2. The molecule has 0 aromatic rings. The molecule has 1 fully saturated rings. The summed E-state index contributed by atoms with van der Waals surface area (Å²) in [5, 5.41) is 32.6. The van der Waals surface area contributed by atoms with E-state index in [-0.39, 0.29) is 0 Å². The number of aliphatic hydroxyl groups is 2. The van der Waals surface area contributed by atoms with Gasteiger partial charge in [0.1, 0.15) is 0 Å². The molecule has 8 heteroatoms. The number of carboxylic acids is 2. The summed E-state index contributed by atoms with van der Waals surface area (Å²) in [6, 6.07) is 0. The Morgan fingerprint density at radius 3 is 1.25 bits per heavy atom. The molecule has 4 N–H and O–H groups in total. The molecule has 1 rings (SSSR count). The number of aliphatic carboxylic acids is 2. The van der Waals surface area contributed by atoms with Crippen molar-refractivity contribution in [1.82, 2.24) is 0 Å². The molecular weight excluding hydrogens is 304 g/mol. The standard InChI is InChI=1S/C6H12O2.2C3H6O2S/c7-6(8)4-2-1-3-5-6;2*1-2(6)3(4)5/h7-8H,1-5H2;2*2,6H,1H3,(H,4,5). The zero-order chi connectivity index (χ0) is 16.3. The molecule has 0 aromatic carbocycles. The van der Waals surface area contributed by atoms with Gasteiger partial charge in [-0.05, 0) is 26.7 Å². The minimum Gasteiger partial charge on any atom is -0.480 e. The Labute approximate surface area is 130 Å². The third-order valence-corrected chi connectivity index (χ3v) is 2.81. The van der Waals surface area contributed by atoms with E-state index in [1.807, 2.05) is 0 Å². The highest BCUT2D eigenvalue weighted by atomic mass is 32.1. The topological polar surface area (TPSA) is 115 Å². The third-order valence-electron chi connectivity index (χ3n) is 2.37. The fraction of sp³-hybridized carbons (Fsp3) is 0.833. The van der Waals surface area contributed by atoms with E-state index in [4.69, 9.17) is 20.4 Å². The van der Waals surface area contributed by atoms with Crippen LogP contribution in [0.2, 0.25) is 0 Å². The van der Waals surface area contributed by atoms with Gasteiger partial charge in [-0.15, -0.1) is 0 Å². The monoisotopic (exact) mass is 328 g/mol. The van der Waals surface area contributed by atoms with Gasteiger partial charge >= 0.3 is 11.9 Å². The van der Waals surface area contributed by atoms with Gasteiger partial charge in [0, 0.05) is 12.8 Å². The second kappa shape index (κ2) is 11.2. The molecule has 20 heavy (non-hydrogen) atoms. The van der Waals surface area contributed by atoms with Crippen LogP contribution in [0.5, 0.6) is 0 Å². The van der Waals surface area contributed by atoms with Gasteiger partial charge in [-0.2, -0.15) is 25.3 Å². The molecule has 0 bridgehead atoms. The van der Waals surface area contributed by atoms with Crippen LogP contribution in [0.15, 0.2) is 0 Å². The Balaban J connectivity index is 0. The summed E-state index contributed by atoms with van der Waals surface area (Å²) in [7, 11) is 0. The Bertz CT molecular complexity index is 266. The van der Waals surface area contributed by atoms with Crippen LogP contribution < -0.4 is 0 Å².